The standard InChI is InChI=1S/C60H92N10O11/c1-36(2)30-44-57(78)69(14)49(34-43-26-20-16-21-27-43)59(80)68(13)48(33-42-24-18-15-19-25-42)55(76)62-45(31-37(3)4)56(77)67(12)47(32-38(5)6)54(75)63-46(58(79)70-28-22-17-23-29-70)35-50(72)65(10)39(7)53(74)64-51(41(9)71)60(81)66(11)40(8)52(73)61-44/h15-16,18-21,24-27,36-41,44-49,51,71H,17,22-23,28-35H2,1-14H3,(H,61,73)(H,62,76)(H,63,75)(H,64,74)/t39-,40-,41+,44-,45-,46-,47-,48-,49-,51-/m0/s1. The number of aliphatic hydroxyl groups excluding tert-OH is 1. The van der Waals surface area contributed by atoms with Crippen LogP contribution in [0.4, 0.5) is 0 Å². The molecule has 21 nitrogen and oxygen atoms in total. The summed E-state index contributed by atoms with van der Waals surface area (Å²) in [7, 11) is 7.01. The Labute approximate surface area is 479 Å². The monoisotopic (exact) mass is 1130 g/mol. The van der Waals surface area contributed by atoms with E-state index in [-0.39, 0.29) is 49.9 Å². The number of carbonyl (C=O) groups excluding carboxylic acids is 10. The predicted molar refractivity (Wildman–Crippen MR) is 307 cm³/mol. The highest BCUT2D eigenvalue weighted by Gasteiger charge is 2.42. The number of likely N-dealkylation sites (N-methyl/N-ethyl adjacent to an activating group) is 5. The van der Waals surface area contributed by atoms with Gasteiger partial charge in [-0.2, -0.15) is 0 Å². The van der Waals surface area contributed by atoms with Crippen molar-refractivity contribution in [3.8, 4) is 0 Å². The maximum absolute atomic E-state index is 15.4. The molecule has 448 valence electrons. The average molecular weight is 1130 g/mol. The molecule has 2 aromatic rings. The van der Waals surface area contributed by atoms with E-state index in [1.807, 2.05) is 65.8 Å². The molecule has 0 aliphatic carbocycles. The molecular formula is C60H92N10O11. The molecule has 2 aliphatic heterocycles. The highest BCUT2D eigenvalue weighted by molar-refractivity contribution is 5.99. The van der Waals surface area contributed by atoms with Crippen LogP contribution >= 0.6 is 0 Å². The van der Waals surface area contributed by atoms with Gasteiger partial charge < -0.3 is 55.8 Å². The zero-order valence-corrected chi connectivity index (χ0v) is 50.3. The van der Waals surface area contributed by atoms with Crippen molar-refractivity contribution in [3.05, 3.63) is 71.8 Å². The predicted octanol–water partition coefficient (Wildman–Crippen LogP) is 2.52. The summed E-state index contributed by atoms with van der Waals surface area (Å²) >= 11 is 0. The number of hydrogen-bond acceptors (Lipinski definition) is 11. The molecule has 0 radical (unpaired) electrons. The van der Waals surface area contributed by atoms with Crippen LogP contribution in [-0.4, -0.2) is 202 Å². The summed E-state index contributed by atoms with van der Waals surface area (Å²) in [6.07, 6.45) is 0.561. The van der Waals surface area contributed by atoms with Crippen molar-refractivity contribution in [3.63, 3.8) is 0 Å². The molecule has 0 unspecified atom stereocenters. The van der Waals surface area contributed by atoms with Gasteiger partial charge in [-0.1, -0.05) is 102 Å². The maximum Gasteiger partial charge on any atom is 0.248 e. The van der Waals surface area contributed by atoms with Gasteiger partial charge >= 0.3 is 0 Å². The lowest BCUT2D eigenvalue weighted by molar-refractivity contribution is -0.150. The Hall–Kier alpha value is -6.90. The lowest BCUT2D eigenvalue weighted by atomic mass is 9.96. The first-order chi connectivity index (χ1) is 38.0. The van der Waals surface area contributed by atoms with Crippen LogP contribution in [0.25, 0.3) is 0 Å². The highest BCUT2D eigenvalue weighted by atomic mass is 16.3. The van der Waals surface area contributed by atoms with Gasteiger partial charge in [-0.05, 0) is 88.2 Å². The third kappa shape index (κ3) is 18.6. The van der Waals surface area contributed by atoms with Crippen LogP contribution in [0.2, 0.25) is 0 Å². The zero-order valence-electron chi connectivity index (χ0n) is 50.3. The summed E-state index contributed by atoms with van der Waals surface area (Å²) in [6, 6.07) is 6.26. The number of nitrogens with one attached hydrogen (secondary N) is 4. The lowest BCUT2D eigenvalue weighted by Gasteiger charge is -2.38. The first-order valence-electron chi connectivity index (χ1n) is 28.6. The van der Waals surface area contributed by atoms with Crippen LogP contribution in [0.1, 0.15) is 118 Å². The molecule has 0 saturated carbocycles. The SMILES string of the molecule is CC(C)C[C@@H]1NC(=O)[C@H](Cc2ccccc2)N(C)C(=O)[C@H](Cc2ccccc2)N(C)C(=O)[C@H](CC(C)C)NC(=O)[C@H](C)N(C)C(=O)[C@H]([C@@H](C)O)NC(=O)[C@H](C)N(C)C(=O)C[C@@H](C(=O)N2CCCCC2)NC(=O)[C@H](CC(C)C)N(C)C1=O. The molecule has 21 heteroatoms. The fraction of sp³-hybridized carbons (Fsp3) is 0.633. The molecule has 2 heterocycles. The number of amides is 10. The van der Waals surface area contributed by atoms with Crippen molar-refractivity contribution in [2.24, 2.45) is 17.8 Å². The van der Waals surface area contributed by atoms with Gasteiger partial charge in [0.2, 0.25) is 59.1 Å². The van der Waals surface area contributed by atoms with Gasteiger partial charge in [0, 0.05) is 61.2 Å². The number of hydrogen-bond donors (Lipinski definition) is 5. The van der Waals surface area contributed by atoms with Gasteiger partial charge in [0.15, 0.2) is 0 Å². The molecule has 4 rings (SSSR count). The largest absolute Gasteiger partial charge is 0.391 e. The molecular weight excluding hydrogens is 1040 g/mol. The molecule has 0 aromatic heterocycles. The Morgan fingerprint density at radius 1 is 0.494 bits per heavy atom. The summed E-state index contributed by atoms with van der Waals surface area (Å²) in [6.45, 7) is 16.1. The van der Waals surface area contributed by atoms with Gasteiger partial charge in [0.25, 0.3) is 0 Å². The average Bonchev–Trinajstić information content (AvgIpc) is 3.44. The third-order valence-electron chi connectivity index (χ3n) is 15.6. The Morgan fingerprint density at radius 2 is 0.914 bits per heavy atom. The maximum atomic E-state index is 15.4. The second-order valence-corrected chi connectivity index (χ2v) is 23.5. The van der Waals surface area contributed by atoms with E-state index in [4.69, 9.17) is 0 Å². The van der Waals surface area contributed by atoms with Gasteiger partial charge in [-0.15, -0.1) is 0 Å². The summed E-state index contributed by atoms with van der Waals surface area (Å²) in [4.78, 5) is 154. The molecule has 2 aromatic carbocycles. The van der Waals surface area contributed by atoms with Crippen LogP contribution in [0.15, 0.2) is 60.7 Å². The number of nitrogens with zero attached hydrogens (tertiary/aromatic N) is 6. The number of benzene rings is 2. The van der Waals surface area contributed by atoms with Gasteiger partial charge in [0.05, 0.1) is 12.5 Å². The molecule has 0 bridgehead atoms. The molecule has 0 spiro atoms. The smallest absolute Gasteiger partial charge is 0.248 e. The molecule has 2 fully saturated rings. The highest BCUT2D eigenvalue weighted by Crippen LogP contribution is 2.22. The summed E-state index contributed by atoms with van der Waals surface area (Å²) in [5, 5.41) is 22.1. The molecule has 81 heavy (non-hydrogen) atoms. The van der Waals surface area contributed by atoms with Gasteiger partial charge in [-0.25, -0.2) is 0 Å². The van der Waals surface area contributed by atoms with Crippen molar-refractivity contribution in [2.45, 2.75) is 181 Å². The van der Waals surface area contributed by atoms with Crippen LogP contribution < -0.4 is 21.3 Å². The third-order valence-corrected chi connectivity index (χ3v) is 15.6. The fourth-order valence-corrected chi connectivity index (χ4v) is 10.3. The normalized spacial score (nSPS) is 26.1. The van der Waals surface area contributed by atoms with Crippen molar-refractivity contribution < 1.29 is 53.1 Å². The molecule has 2 aliphatic rings. The molecule has 10 amide bonds. The number of likely N-dealkylation sites (tertiary alicyclic amines) is 1. The van der Waals surface area contributed by atoms with Crippen molar-refractivity contribution >= 4 is 59.1 Å². The Morgan fingerprint density at radius 3 is 1.40 bits per heavy atom. The van der Waals surface area contributed by atoms with Crippen molar-refractivity contribution in [1.29, 1.82) is 0 Å². The summed E-state index contributed by atoms with van der Waals surface area (Å²) in [5.74, 6) is -7.50. The van der Waals surface area contributed by atoms with Crippen molar-refractivity contribution in [1.82, 2.24) is 50.7 Å². The fourth-order valence-electron chi connectivity index (χ4n) is 10.3. The van der Waals surface area contributed by atoms with E-state index < -0.39 is 126 Å². The van der Waals surface area contributed by atoms with E-state index in [1.54, 1.807) is 41.3 Å². The first kappa shape index (κ1) is 66.6. The quantitative estimate of drug-likeness (QED) is 0.206. The van der Waals surface area contributed by atoms with E-state index >= 15 is 14.4 Å². The second kappa shape index (κ2) is 30.8. The minimum absolute atomic E-state index is 0.0000173. The van der Waals surface area contributed by atoms with Gasteiger partial charge in [-0.3, -0.25) is 47.9 Å². The first-order valence-corrected chi connectivity index (χ1v) is 28.6. The Kier molecular flexibility index (Phi) is 25.3. The Balaban J connectivity index is 1.93. The van der Waals surface area contributed by atoms with E-state index in [0.29, 0.717) is 37.1 Å². The Bertz CT molecular complexity index is 2490. The number of carbonyl (C=O) groups is 10. The van der Waals surface area contributed by atoms with Crippen LogP contribution in [0.5, 0.6) is 0 Å². The van der Waals surface area contributed by atoms with E-state index in [9.17, 15) is 38.7 Å². The summed E-state index contributed by atoms with van der Waals surface area (Å²) < 4.78 is 0. The second-order valence-electron chi connectivity index (χ2n) is 23.5. The van der Waals surface area contributed by atoms with Gasteiger partial charge in [0.1, 0.15) is 54.4 Å². The van der Waals surface area contributed by atoms with Crippen LogP contribution in [0, 0.1) is 17.8 Å². The molecule has 2 saturated heterocycles. The topological polar surface area (TPSA) is 258 Å². The summed E-state index contributed by atoms with van der Waals surface area (Å²) in [5.41, 5.74) is 1.38. The lowest BCUT2D eigenvalue weighted by Crippen LogP contribution is -2.62. The van der Waals surface area contributed by atoms with Crippen LogP contribution in [-0.2, 0) is 60.8 Å². The zero-order chi connectivity index (χ0) is 60.6. The van der Waals surface area contributed by atoms with E-state index in [1.165, 1.54) is 70.7 Å². The van der Waals surface area contributed by atoms with Crippen LogP contribution in [0.3, 0.4) is 0 Å². The number of piperidine rings is 1. The molecule has 5 N–H and O–H groups in total. The minimum atomic E-state index is -1.62. The minimum Gasteiger partial charge on any atom is -0.391 e. The molecule has 10 atom stereocenters. The number of aliphatic hydroxyl groups is 1. The van der Waals surface area contributed by atoms with E-state index in [0.717, 1.165) is 16.2 Å². The number of rotatable bonds is 12. The van der Waals surface area contributed by atoms with E-state index in [2.05, 4.69) is 21.3 Å². The van der Waals surface area contributed by atoms with Crippen molar-refractivity contribution in [2.75, 3.05) is 48.3 Å².